The summed E-state index contributed by atoms with van der Waals surface area (Å²) in [5.74, 6) is -1.52. The lowest BCUT2D eigenvalue weighted by molar-refractivity contribution is -0.132. The largest absolute Gasteiger partial charge is 0.355 e. The van der Waals surface area contributed by atoms with E-state index in [0.29, 0.717) is 5.56 Å². The van der Waals surface area contributed by atoms with Crippen molar-refractivity contribution in [1.82, 2.24) is 10.2 Å². The molecule has 2 rings (SSSR count). The van der Waals surface area contributed by atoms with Gasteiger partial charge in [0.05, 0.1) is 0 Å². The van der Waals surface area contributed by atoms with Crippen molar-refractivity contribution in [1.29, 1.82) is 0 Å². The van der Waals surface area contributed by atoms with E-state index in [1.165, 1.54) is 12.1 Å². The Kier molecular flexibility index (Phi) is 5.57. The fourth-order valence-corrected chi connectivity index (χ4v) is 2.33. The van der Waals surface area contributed by atoms with Crippen LogP contribution in [0.15, 0.2) is 18.2 Å². The highest BCUT2D eigenvalue weighted by Gasteiger charge is 2.33. The van der Waals surface area contributed by atoms with E-state index in [0.717, 1.165) is 18.9 Å². The molecule has 132 valence electrons. The van der Waals surface area contributed by atoms with Gasteiger partial charge < -0.3 is 10.2 Å². The third kappa shape index (κ3) is 5.01. The van der Waals surface area contributed by atoms with Crippen LogP contribution in [0.4, 0.5) is 8.78 Å². The molecule has 0 spiro atoms. The number of halogens is 2. The minimum absolute atomic E-state index is 0.111. The van der Waals surface area contributed by atoms with Gasteiger partial charge >= 0.3 is 0 Å². The van der Waals surface area contributed by atoms with Gasteiger partial charge in [-0.05, 0) is 18.9 Å². The molecule has 0 aliphatic heterocycles. The second-order valence-corrected chi connectivity index (χ2v) is 7.24. The minimum Gasteiger partial charge on any atom is -0.355 e. The van der Waals surface area contributed by atoms with Crippen molar-refractivity contribution in [2.75, 3.05) is 6.54 Å². The van der Waals surface area contributed by atoms with E-state index in [2.05, 4.69) is 5.32 Å². The molecule has 1 N–H and O–H groups in total. The summed E-state index contributed by atoms with van der Waals surface area (Å²) in [4.78, 5) is 25.8. The Balaban J connectivity index is 1.93. The van der Waals surface area contributed by atoms with Gasteiger partial charge in [-0.1, -0.05) is 26.8 Å². The van der Waals surface area contributed by atoms with Gasteiger partial charge in [0.25, 0.3) is 0 Å². The van der Waals surface area contributed by atoms with Crippen molar-refractivity contribution in [3.8, 4) is 0 Å². The summed E-state index contributed by atoms with van der Waals surface area (Å²) in [7, 11) is 0. The van der Waals surface area contributed by atoms with Crippen LogP contribution >= 0.6 is 0 Å². The fraction of sp³-hybridized carbons (Fsp3) is 0.556. The summed E-state index contributed by atoms with van der Waals surface area (Å²) in [5.41, 5.74) is -0.202. The molecular weight excluding hydrogens is 314 g/mol. The quantitative estimate of drug-likeness (QED) is 0.867. The minimum atomic E-state index is -0.644. The SMILES string of the molecule is CC(C)(C)C(=O)NCCC(=O)N(Cc1ccc(F)cc1F)C1CC1. The van der Waals surface area contributed by atoms with Crippen LogP contribution < -0.4 is 5.32 Å². The Bertz CT molecular complexity index is 622. The van der Waals surface area contributed by atoms with Crippen LogP contribution in [0.2, 0.25) is 0 Å². The van der Waals surface area contributed by atoms with Crippen LogP contribution in [0.25, 0.3) is 0 Å². The van der Waals surface area contributed by atoms with Gasteiger partial charge in [-0.2, -0.15) is 0 Å². The van der Waals surface area contributed by atoms with Crippen LogP contribution in [0, 0.1) is 17.0 Å². The number of rotatable bonds is 6. The first-order valence-corrected chi connectivity index (χ1v) is 8.20. The van der Waals surface area contributed by atoms with E-state index in [1.807, 2.05) is 0 Å². The topological polar surface area (TPSA) is 49.4 Å². The van der Waals surface area contributed by atoms with E-state index in [4.69, 9.17) is 0 Å². The summed E-state index contributed by atoms with van der Waals surface area (Å²) in [6.07, 6.45) is 1.95. The molecule has 0 bridgehead atoms. The number of carbonyl (C=O) groups is 2. The first-order valence-electron chi connectivity index (χ1n) is 8.20. The molecule has 0 aromatic heterocycles. The smallest absolute Gasteiger partial charge is 0.225 e. The summed E-state index contributed by atoms with van der Waals surface area (Å²) in [6, 6.07) is 3.50. The van der Waals surface area contributed by atoms with E-state index in [-0.39, 0.29) is 37.4 Å². The normalized spacial score (nSPS) is 14.4. The molecule has 1 aliphatic rings. The monoisotopic (exact) mass is 338 g/mol. The van der Waals surface area contributed by atoms with Crippen molar-refractivity contribution in [2.24, 2.45) is 5.41 Å². The summed E-state index contributed by atoms with van der Waals surface area (Å²) >= 11 is 0. The number of hydrogen-bond acceptors (Lipinski definition) is 2. The molecule has 4 nitrogen and oxygen atoms in total. The Morgan fingerprint density at radius 1 is 1.25 bits per heavy atom. The number of carbonyl (C=O) groups excluding carboxylic acids is 2. The van der Waals surface area contributed by atoms with Crippen molar-refractivity contribution >= 4 is 11.8 Å². The van der Waals surface area contributed by atoms with E-state index in [1.54, 1.807) is 25.7 Å². The van der Waals surface area contributed by atoms with Gasteiger partial charge in [-0.25, -0.2) is 8.78 Å². The maximum Gasteiger partial charge on any atom is 0.225 e. The average Bonchev–Trinajstić information content (AvgIpc) is 3.29. The molecule has 0 saturated heterocycles. The fourth-order valence-electron chi connectivity index (χ4n) is 2.33. The zero-order valence-corrected chi connectivity index (χ0v) is 14.4. The molecule has 1 fully saturated rings. The highest BCUT2D eigenvalue weighted by Crippen LogP contribution is 2.29. The van der Waals surface area contributed by atoms with E-state index in [9.17, 15) is 18.4 Å². The number of amides is 2. The van der Waals surface area contributed by atoms with Gasteiger partial charge in [0.15, 0.2) is 0 Å². The standard InChI is InChI=1S/C18H24F2N2O2/c1-18(2,3)17(24)21-9-8-16(23)22(14-6-7-14)11-12-4-5-13(19)10-15(12)20/h4-5,10,14H,6-9,11H2,1-3H3,(H,21,24). The lowest BCUT2D eigenvalue weighted by atomic mass is 9.96. The van der Waals surface area contributed by atoms with Crippen molar-refractivity contribution in [3.63, 3.8) is 0 Å². The highest BCUT2D eigenvalue weighted by atomic mass is 19.1. The second-order valence-electron chi connectivity index (χ2n) is 7.24. The molecule has 0 radical (unpaired) electrons. The molecule has 6 heteroatoms. The number of nitrogens with one attached hydrogen (secondary N) is 1. The van der Waals surface area contributed by atoms with Crippen LogP contribution in [0.5, 0.6) is 0 Å². The third-order valence-corrected chi connectivity index (χ3v) is 3.97. The lowest BCUT2D eigenvalue weighted by Crippen LogP contribution is -2.39. The van der Waals surface area contributed by atoms with Gasteiger partial charge in [0.2, 0.25) is 11.8 Å². The third-order valence-electron chi connectivity index (χ3n) is 3.97. The predicted octanol–water partition coefficient (Wildman–Crippen LogP) is 3.01. The molecule has 1 aliphatic carbocycles. The first kappa shape index (κ1) is 18.4. The van der Waals surface area contributed by atoms with Crippen molar-refractivity contribution < 1.29 is 18.4 Å². The summed E-state index contributed by atoms with van der Waals surface area (Å²) < 4.78 is 26.8. The predicted molar refractivity (Wildman–Crippen MR) is 87.0 cm³/mol. The maximum atomic E-state index is 13.8. The molecule has 24 heavy (non-hydrogen) atoms. The van der Waals surface area contributed by atoms with Crippen LogP contribution in [0.1, 0.15) is 45.6 Å². The Labute approximate surface area is 141 Å². The van der Waals surface area contributed by atoms with E-state index < -0.39 is 17.0 Å². The number of nitrogens with zero attached hydrogens (tertiary/aromatic N) is 1. The molecule has 0 atom stereocenters. The van der Waals surface area contributed by atoms with Crippen molar-refractivity contribution in [3.05, 3.63) is 35.4 Å². The number of benzene rings is 1. The van der Waals surface area contributed by atoms with Crippen molar-refractivity contribution in [2.45, 2.75) is 52.6 Å². The molecule has 1 aromatic carbocycles. The molecular formula is C18H24F2N2O2. The molecule has 1 saturated carbocycles. The van der Waals surface area contributed by atoms with Crippen LogP contribution in [-0.4, -0.2) is 29.3 Å². The van der Waals surface area contributed by atoms with Gasteiger partial charge in [-0.3, -0.25) is 9.59 Å². The molecule has 0 unspecified atom stereocenters. The molecule has 1 aromatic rings. The van der Waals surface area contributed by atoms with E-state index >= 15 is 0 Å². The van der Waals surface area contributed by atoms with Gasteiger partial charge in [0.1, 0.15) is 11.6 Å². The first-order chi connectivity index (χ1) is 11.2. The lowest BCUT2D eigenvalue weighted by Gasteiger charge is -2.23. The van der Waals surface area contributed by atoms with Crippen LogP contribution in [0.3, 0.4) is 0 Å². The zero-order chi connectivity index (χ0) is 17.9. The molecule has 0 heterocycles. The van der Waals surface area contributed by atoms with Gasteiger partial charge in [0, 0.05) is 42.6 Å². The maximum absolute atomic E-state index is 13.8. The Morgan fingerprint density at radius 3 is 2.46 bits per heavy atom. The zero-order valence-electron chi connectivity index (χ0n) is 14.4. The highest BCUT2D eigenvalue weighted by molar-refractivity contribution is 5.82. The second kappa shape index (κ2) is 7.28. The summed E-state index contributed by atoms with van der Waals surface area (Å²) in [5, 5.41) is 2.74. The summed E-state index contributed by atoms with van der Waals surface area (Å²) in [6.45, 7) is 5.79. The van der Waals surface area contributed by atoms with Gasteiger partial charge in [-0.15, -0.1) is 0 Å². The average molecular weight is 338 g/mol. The number of hydrogen-bond donors (Lipinski definition) is 1. The van der Waals surface area contributed by atoms with Crippen LogP contribution in [-0.2, 0) is 16.1 Å². The Hall–Kier alpha value is -1.98. The molecule has 2 amide bonds. The Morgan fingerprint density at radius 2 is 1.92 bits per heavy atom.